The highest BCUT2D eigenvalue weighted by Crippen LogP contribution is 2.42. The number of aliphatic hydroxyl groups is 1. The summed E-state index contributed by atoms with van der Waals surface area (Å²) in [7, 11) is 0. The van der Waals surface area contributed by atoms with E-state index in [1.807, 2.05) is 0 Å². The van der Waals surface area contributed by atoms with Crippen LogP contribution in [0.2, 0.25) is 0 Å². The maximum Gasteiger partial charge on any atom is 0.333 e. The molecular weight excluding hydrogens is 423 g/mol. The molecule has 1 aromatic heterocycles. The summed E-state index contributed by atoms with van der Waals surface area (Å²) < 4.78 is 38.7. The van der Waals surface area contributed by atoms with Crippen LogP contribution in [0.15, 0.2) is 15.8 Å². The molecule has 0 spiro atoms. The fourth-order valence-electron chi connectivity index (χ4n) is 4.87. The molecule has 4 rings (SSSR count). The van der Waals surface area contributed by atoms with Crippen LogP contribution in [0, 0.1) is 6.92 Å². The van der Waals surface area contributed by atoms with Gasteiger partial charge in [0.2, 0.25) is 0 Å². The van der Waals surface area contributed by atoms with Crippen molar-refractivity contribution >= 4 is 0 Å². The van der Waals surface area contributed by atoms with Crippen LogP contribution in [0.4, 0.5) is 4.39 Å². The van der Waals surface area contributed by atoms with E-state index in [0.29, 0.717) is 25.2 Å². The molecule has 0 radical (unpaired) electrons. The second-order valence-electron chi connectivity index (χ2n) is 8.91. The van der Waals surface area contributed by atoms with Crippen molar-refractivity contribution in [3.63, 3.8) is 0 Å². The lowest BCUT2D eigenvalue weighted by molar-refractivity contribution is -0.210. The largest absolute Gasteiger partial charge is 0.384 e. The molecule has 3 aliphatic heterocycles. The molecule has 3 fully saturated rings. The maximum absolute atomic E-state index is 13.0. The quantitative estimate of drug-likeness (QED) is 0.662. The highest BCUT2D eigenvalue weighted by atomic mass is 19.1. The summed E-state index contributed by atoms with van der Waals surface area (Å²) in [5.74, 6) is 0. The molecule has 3 aliphatic rings. The molecule has 4 heterocycles. The normalized spacial score (nSPS) is 33.5. The number of hydrogen-bond donors (Lipinski definition) is 1. The predicted octanol–water partition coefficient (Wildman–Crippen LogP) is 1.42. The molecule has 32 heavy (non-hydrogen) atoms. The Morgan fingerprint density at radius 2 is 1.94 bits per heavy atom. The van der Waals surface area contributed by atoms with Crippen molar-refractivity contribution in [3.8, 4) is 0 Å². The van der Waals surface area contributed by atoms with Crippen LogP contribution in [-0.4, -0.2) is 64.8 Å². The first-order valence-electron chi connectivity index (χ1n) is 11.5. The standard InChI is InChI=1S/C22H33FN2O7/c1-15-13-25(21(27)24(9-8-23)20(15)26)18-12-22(28,16-6-2-4-10-29-16)17(32-18)14-31-19-7-3-5-11-30-19/h13,16-19,28H,2-12,14H2,1H3/t16?,17-,18-,19?,22-/m1/s1. The van der Waals surface area contributed by atoms with Gasteiger partial charge in [0.25, 0.3) is 5.56 Å². The number of rotatable bonds is 7. The highest BCUT2D eigenvalue weighted by molar-refractivity contribution is 5.07. The Hall–Kier alpha value is -1.59. The van der Waals surface area contributed by atoms with Gasteiger partial charge in [-0.25, -0.2) is 9.18 Å². The van der Waals surface area contributed by atoms with Gasteiger partial charge >= 0.3 is 5.69 Å². The molecule has 1 aromatic rings. The second kappa shape index (κ2) is 10.1. The molecule has 10 heteroatoms. The zero-order chi connectivity index (χ0) is 22.7. The lowest BCUT2D eigenvalue weighted by Crippen LogP contribution is -2.53. The molecule has 0 aromatic carbocycles. The van der Waals surface area contributed by atoms with E-state index in [-0.39, 0.29) is 25.9 Å². The number of ether oxygens (including phenoxy) is 4. The summed E-state index contributed by atoms with van der Waals surface area (Å²) in [6.45, 7) is 1.70. The van der Waals surface area contributed by atoms with Crippen LogP contribution in [0.5, 0.6) is 0 Å². The van der Waals surface area contributed by atoms with Gasteiger partial charge in [-0.15, -0.1) is 0 Å². The first-order chi connectivity index (χ1) is 15.4. The average molecular weight is 457 g/mol. The maximum atomic E-state index is 13.0. The third-order valence-electron chi connectivity index (χ3n) is 6.67. The van der Waals surface area contributed by atoms with E-state index in [1.54, 1.807) is 6.92 Å². The molecule has 0 bridgehead atoms. The second-order valence-corrected chi connectivity index (χ2v) is 8.91. The van der Waals surface area contributed by atoms with Gasteiger partial charge in [-0.3, -0.25) is 13.9 Å². The van der Waals surface area contributed by atoms with Gasteiger partial charge < -0.3 is 24.1 Å². The molecule has 3 saturated heterocycles. The molecular formula is C22H33FN2O7. The van der Waals surface area contributed by atoms with E-state index in [9.17, 15) is 19.1 Å². The molecule has 1 N–H and O–H groups in total. The number of hydrogen-bond acceptors (Lipinski definition) is 7. The Morgan fingerprint density at radius 1 is 1.19 bits per heavy atom. The lowest BCUT2D eigenvalue weighted by atomic mass is 9.85. The Balaban J connectivity index is 1.60. The van der Waals surface area contributed by atoms with Crippen molar-refractivity contribution in [2.75, 3.05) is 26.5 Å². The van der Waals surface area contributed by atoms with E-state index in [4.69, 9.17) is 18.9 Å². The Kier molecular flexibility index (Phi) is 7.46. The topological polar surface area (TPSA) is 101 Å². The minimum atomic E-state index is -1.37. The van der Waals surface area contributed by atoms with Crippen LogP contribution in [0.25, 0.3) is 0 Å². The lowest BCUT2D eigenvalue weighted by Gasteiger charge is -2.38. The van der Waals surface area contributed by atoms with Gasteiger partial charge in [-0.1, -0.05) is 0 Å². The number of aromatic nitrogens is 2. The number of aryl methyl sites for hydroxylation is 1. The minimum Gasteiger partial charge on any atom is -0.384 e. The van der Waals surface area contributed by atoms with Crippen molar-refractivity contribution in [2.45, 2.75) is 88.7 Å². The van der Waals surface area contributed by atoms with Crippen molar-refractivity contribution in [2.24, 2.45) is 0 Å². The van der Waals surface area contributed by atoms with Crippen LogP contribution in [0.3, 0.4) is 0 Å². The van der Waals surface area contributed by atoms with Crippen molar-refractivity contribution in [1.29, 1.82) is 0 Å². The zero-order valence-corrected chi connectivity index (χ0v) is 18.5. The number of alkyl halides is 1. The summed E-state index contributed by atoms with van der Waals surface area (Å²) >= 11 is 0. The molecule has 9 nitrogen and oxygen atoms in total. The summed E-state index contributed by atoms with van der Waals surface area (Å²) in [5, 5.41) is 11.7. The molecule has 0 saturated carbocycles. The van der Waals surface area contributed by atoms with Gasteiger partial charge in [0.1, 0.15) is 24.6 Å². The van der Waals surface area contributed by atoms with Crippen LogP contribution < -0.4 is 11.2 Å². The Morgan fingerprint density at radius 3 is 2.59 bits per heavy atom. The molecule has 5 atom stereocenters. The van der Waals surface area contributed by atoms with Crippen LogP contribution >= 0.6 is 0 Å². The summed E-state index contributed by atoms with van der Waals surface area (Å²) in [4.78, 5) is 25.2. The summed E-state index contributed by atoms with van der Waals surface area (Å²) in [6, 6.07) is 0. The van der Waals surface area contributed by atoms with Crippen molar-refractivity contribution in [1.82, 2.24) is 9.13 Å². The van der Waals surface area contributed by atoms with Crippen molar-refractivity contribution in [3.05, 3.63) is 32.6 Å². The van der Waals surface area contributed by atoms with E-state index in [2.05, 4.69) is 0 Å². The van der Waals surface area contributed by atoms with E-state index in [1.165, 1.54) is 10.8 Å². The van der Waals surface area contributed by atoms with Crippen molar-refractivity contribution < 1.29 is 28.4 Å². The predicted molar refractivity (Wildman–Crippen MR) is 112 cm³/mol. The molecule has 180 valence electrons. The fraction of sp³-hybridized carbons (Fsp3) is 0.818. The van der Waals surface area contributed by atoms with E-state index >= 15 is 0 Å². The highest BCUT2D eigenvalue weighted by Gasteiger charge is 2.54. The summed E-state index contributed by atoms with van der Waals surface area (Å²) in [6.07, 6.45) is 4.48. The molecule has 2 unspecified atom stereocenters. The Bertz CT molecular complexity index is 891. The van der Waals surface area contributed by atoms with E-state index in [0.717, 1.165) is 36.7 Å². The third kappa shape index (κ3) is 4.70. The van der Waals surface area contributed by atoms with Gasteiger partial charge in [0.15, 0.2) is 6.29 Å². The van der Waals surface area contributed by atoms with E-state index < -0.39 is 42.0 Å². The third-order valence-corrected chi connectivity index (χ3v) is 6.67. The average Bonchev–Trinajstić information content (AvgIpc) is 3.16. The first-order valence-corrected chi connectivity index (χ1v) is 11.5. The SMILES string of the molecule is Cc1cn([C@H]2C[C@@](O)(C3CCCCO3)[C@@H](COC3CCCCO3)O2)c(=O)n(CCF)c1=O. The molecule has 0 aliphatic carbocycles. The smallest absolute Gasteiger partial charge is 0.333 e. The van der Waals surface area contributed by atoms with Crippen LogP contribution in [0.1, 0.15) is 56.7 Å². The fourth-order valence-corrected chi connectivity index (χ4v) is 4.87. The van der Waals surface area contributed by atoms with Gasteiger partial charge in [-0.2, -0.15) is 0 Å². The van der Waals surface area contributed by atoms with Gasteiger partial charge in [0.05, 0.1) is 19.3 Å². The van der Waals surface area contributed by atoms with Gasteiger partial charge in [0, 0.05) is 31.4 Å². The van der Waals surface area contributed by atoms with Crippen LogP contribution in [-0.2, 0) is 25.5 Å². The number of nitrogens with zero attached hydrogens (tertiary/aromatic N) is 2. The zero-order valence-electron chi connectivity index (χ0n) is 18.5. The monoisotopic (exact) mass is 456 g/mol. The summed E-state index contributed by atoms with van der Waals surface area (Å²) in [5.41, 5.74) is -2.25. The first kappa shape index (κ1) is 23.6. The minimum absolute atomic E-state index is 0.0926. The number of halogens is 1. The Labute approximate surface area is 186 Å². The molecule has 0 amide bonds. The van der Waals surface area contributed by atoms with Gasteiger partial charge in [-0.05, 0) is 45.4 Å².